The molecule has 8 N–H and O–H groups in total. The number of amides is 12. The van der Waals surface area contributed by atoms with E-state index in [1.54, 1.807) is 0 Å². The number of ether oxygens (including phenoxy) is 24. The monoisotopic (exact) mass is 2010 g/mol. The van der Waals surface area contributed by atoms with Crippen LogP contribution in [0.25, 0.3) is 0 Å². The van der Waals surface area contributed by atoms with Gasteiger partial charge in [0.15, 0.2) is 0 Å². The van der Waals surface area contributed by atoms with Crippen LogP contribution in [-0.4, -0.2) is 462 Å². The molecular weight excluding hydrogens is 1850 g/mol. The highest BCUT2D eigenvalue weighted by Crippen LogP contribution is 2.42. The first-order valence-electron chi connectivity index (χ1n) is 49.1. The van der Waals surface area contributed by atoms with Gasteiger partial charge < -0.3 is 156 Å². The van der Waals surface area contributed by atoms with Gasteiger partial charge in [-0.05, 0) is 42.4 Å². The standard InChI is InChI=1S/C94H168N10O36/c1-8-30-117-42-54-129-66-72-135-60-48-123-36-22-95-79(105)18-32-119-44-56-131-68-74-137-62-50-125-38-24-97-81(107)20-34-121-46-58-133-70-76-139-64-52-127-40-26-99-91(115)89(101-83(109)11-9-28-103-85(111)13-14-86(103)112)90(102-84(110)12-10-29-104-87(113)15-16-88(104)114)92(116)100-27-41-128-53-65-140-77-71-134-59-47-122-35-21-82(108)98-25-39-126-51-63-138-75-69-132-57-45-120-33-19-80(106)96-23-37-124-49-61-136-73-67-130-55-43-118-31-17-78(93(2,3)4)94(5,6)7/h13-16,78,89-90H,8-12,17-77H2,1-7H3,(H,95,105)(H,96,106)(H,97,107)(H,98,108)(H,99,115)(H,100,116)(H,101,109)(H,102,110). The molecule has 12 amide bonds. The number of imide groups is 2. The highest BCUT2D eigenvalue weighted by Gasteiger charge is 2.38. The molecule has 0 aromatic rings. The van der Waals surface area contributed by atoms with E-state index in [0.717, 1.165) is 60.2 Å². The van der Waals surface area contributed by atoms with Crippen molar-refractivity contribution in [1.82, 2.24) is 52.3 Å². The third kappa shape index (κ3) is 77.1. The first-order valence-corrected chi connectivity index (χ1v) is 49.1. The Morgan fingerprint density at radius 1 is 0.236 bits per heavy atom. The molecule has 0 saturated carbocycles. The van der Waals surface area contributed by atoms with Crippen molar-refractivity contribution in [1.29, 1.82) is 0 Å². The van der Waals surface area contributed by atoms with Crippen LogP contribution >= 0.6 is 0 Å². The third-order valence-electron chi connectivity index (χ3n) is 19.8. The van der Waals surface area contributed by atoms with Crippen LogP contribution in [0.1, 0.15) is 113 Å². The maximum absolute atomic E-state index is 14.1. The molecule has 140 heavy (non-hydrogen) atoms. The highest BCUT2D eigenvalue weighted by molar-refractivity contribution is 6.13. The van der Waals surface area contributed by atoms with Gasteiger partial charge in [-0.1, -0.05) is 48.5 Å². The summed E-state index contributed by atoms with van der Waals surface area (Å²) in [5, 5.41) is 21.4. The second kappa shape index (κ2) is 90.3. The average Bonchev–Trinajstić information content (AvgIpc) is 0.891. The summed E-state index contributed by atoms with van der Waals surface area (Å²) in [6.45, 7) is 32.9. The summed E-state index contributed by atoms with van der Waals surface area (Å²) in [7, 11) is 0. The first-order chi connectivity index (χ1) is 67.9. The molecule has 2 aliphatic rings. The molecule has 0 bridgehead atoms. The lowest BCUT2D eigenvalue weighted by molar-refractivity contribution is -0.139. The molecule has 2 rings (SSSR count). The zero-order chi connectivity index (χ0) is 102. The van der Waals surface area contributed by atoms with Crippen LogP contribution in [0.15, 0.2) is 24.3 Å². The van der Waals surface area contributed by atoms with Crippen molar-refractivity contribution in [2.45, 2.75) is 125 Å². The van der Waals surface area contributed by atoms with Crippen molar-refractivity contribution in [3.8, 4) is 0 Å². The van der Waals surface area contributed by atoms with E-state index in [1.807, 2.05) is 0 Å². The molecule has 46 heteroatoms. The van der Waals surface area contributed by atoms with Gasteiger partial charge in [0.05, 0.1) is 304 Å². The largest absolute Gasteiger partial charge is 0.379 e. The Bertz CT molecular complexity index is 3120. The number of carbonyl (C=O) groups is 12. The molecule has 0 spiro atoms. The molecule has 46 nitrogen and oxygen atoms in total. The van der Waals surface area contributed by atoms with E-state index in [0.29, 0.717) is 217 Å². The van der Waals surface area contributed by atoms with Crippen LogP contribution in [-0.2, 0) is 171 Å². The van der Waals surface area contributed by atoms with Crippen LogP contribution in [0.2, 0.25) is 0 Å². The fraction of sp³-hybridized carbons (Fsp3) is 0.830. The SMILES string of the molecule is CCCOCCOCCOCCOCCNC(=O)CCOCCOCCOCCOCCNC(=O)CCOCCOCCOCCOCCNC(=O)C(NC(=O)CCCN1C(=O)C=CC1=O)C(NC(=O)CCCN1C(=O)C=CC1=O)C(=O)NCCOCCOCCOCCOCCC(=O)NCCOCCOCCOCCOCCC(=O)NCCOCCOCCOCCOCCC(C(C)(C)C)C(C)(C)C. The Labute approximate surface area is 826 Å². The molecule has 0 aromatic heterocycles. The lowest BCUT2D eigenvalue weighted by Gasteiger charge is -2.41. The average molecular weight is 2010 g/mol. The van der Waals surface area contributed by atoms with Crippen molar-refractivity contribution < 1.29 is 171 Å². The maximum Gasteiger partial charge on any atom is 0.253 e. The summed E-state index contributed by atoms with van der Waals surface area (Å²) < 4.78 is 133. The number of hydrogen-bond donors (Lipinski definition) is 8. The van der Waals surface area contributed by atoms with Gasteiger partial charge in [-0.3, -0.25) is 67.3 Å². The molecule has 2 heterocycles. The molecule has 0 saturated heterocycles. The quantitative estimate of drug-likeness (QED) is 0.0282. The summed E-state index contributed by atoms with van der Waals surface area (Å²) in [5.74, 6) is -5.63. The summed E-state index contributed by atoms with van der Waals surface area (Å²) in [4.78, 5) is 155. The molecule has 0 fully saturated rings. The van der Waals surface area contributed by atoms with Crippen molar-refractivity contribution in [2.75, 3.05) is 369 Å². The molecule has 2 unspecified atom stereocenters. The topological polar surface area (TPSA) is 529 Å². The Balaban J connectivity index is 1.53. The number of nitrogens with zero attached hydrogens (tertiary/aromatic N) is 2. The highest BCUT2D eigenvalue weighted by atomic mass is 16.6. The van der Waals surface area contributed by atoms with Gasteiger partial charge >= 0.3 is 0 Å². The Morgan fingerprint density at radius 3 is 0.614 bits per heavy atom. The van der Waals surface area contributed by atoms with Crippen LogP contribution in [0.3, 0.4) is 0 Å². The lowest BCUT2D eigenvalue weighted by atomic mass is 9.65. The van der Waals surface area contributed by atoms with Gasteiger partial charge in [-0.15, -0.1) is 0 Å². The minimum Gasteiger partial charge on any atom is -0.379 e. The van der Waals surface area contributed by atoms with E-state index in [9.17, 15) is 57.5 Å². The molecular formula is C94H168N10O36. The first kappa shape index (κ1) is 129. The van der Waals surface area contributed by atoms with Crippen molar-refractivity contribution in [3.63, 3.8) is 0 Å². The third-order valence-corrected chi connectivity index (χ3v) is 19.8. The molecule has 0 aliphatic carbocycles. The second-order valence-electron chi connectivity index (χ2n) is 33.4. The van der Waals surface area contributed by atoms with Crippen LogP contribution < -0.4 is 42.5 Å². The van der Waals surface area contributed by atoms with E-state index in [4.69, 9.17) is 114 Å². The zero-order valence-electron chi connectivity index (χ0n) is 84.3. The predicted molar refractivity (Wildman–Crippen MR) is 508 cm³/mol. The molecule has 2 atom stereocenters. The Kier molecular flexibility index (Phi) is 83.0. The van der Waals surface area contributed by atoms with Crippen LogP contribution in [0.4, 0.5) is 0 Å². The maximum atomic E-state index is 14.1. The van der Waals surface area contributed by atoms with Gasteiger partial charge in [-0.25, -0.2) is 0 Å². The number of nitrogens with one attached hydrogen (secondary N) is 8. The summed E-state index contributed by atoms with van der Waals surface area (Å²) in [6, 6.07) is -3.47. The predicted octanol–water partition coefficient (Wildman–Crippen LogP) is -0.469. The molecule has 0 radical (unpaired) electrons. The van der Waals surface area contributed by atoms with E-state index in [2.05, 4.69) is 91.0 Å². The zero-order valence-corrected chi connectivity index (χ0v) is 84.3. The number of rotatable bonds is 102. The van der Waals surface area contributed by atoms with Crippen molar-refractivity contribution in [2.24, 2.45) is 16.7 Å². The minimum atomic E-state index is -1.74. The van der Waals surface area contributed by atoms with E-state index in [1.165, 1.54) is 0 Å². The van der Waals surface area contributed by atoms with Gasteiger partial charge in [0.25, 0.3) is 23.6 Å². The van der Waals surface area contributed by atoms with Crippen LogP contribution in [0, 0.1) is 16.7 Å². The van der Waals surface area contributed by atoms with E-state index >= 15 is 0 Å². The van der Waals surface area contributed by atoms with Crippen molar-refractivity contribution in [3.05, 3.63) is 24.3 Å². The smallest absolute Gasteiger partial charge is 0.253 e. The molecule has 810 valence electrons. The lowest BCUT2D eigenvalue weighted by Crippen LogP contribution is -2.64. The van der Waals surface area contributed by atoms with Gasteiger partial charge in [0.2, 0.25) is 47.3 Å². The Morgan fingerprint density at radius 2 is 0.414 bits per heavy atom. The van der Waals surface area contributed by atoms with Crippen LogP contribution in [0.5, 0.6) is 0 Å². The summed E-state index contributed by atoms with van der Waals surface area (Å²) in [6.07, 6.45) is 6.51. The second-order valence-corrected chi connectivity index (χ2v) is 33.4. The number of hydrogen-bond acceptors (Lipinski definition) is 36. The van der Waals surface area contributed by atoms with Gasteiger partial charge in [0, 0.05) is 128 Å². The molecule has 0 aromatic carbocycles. The summed E-state index contributed by atoms with van der Waals surface area (Å²) in [5.41, 5.74) is 0.446. The van der Waals surface area contributed by atoms with Crippen molar-refractivity contribution >= 4 is 70.9 Å². The number of carbonyl (C=O) groups excluding carboxylic acids is 12. The molecule has 2 aliphatic heterocycles. The fourth-order valence-electron chi connectivity index (χ4n) is 13.0. The van der Waals surface area contributed by atoms with E-state index in [-0.39, 0.29) is 231 Å². The summed E-state index contributed by atoms with van der Waals surface area (Å²) >= 11 is 0. The minimum absolute atomic E-state index is 0.0118. The fourth-order valence-corrected chi connectivity index (χ4v) is 13.0. The Hall–Kier alpha value is -7.44. The van der Waals surface area contributed by atoms with Gasteiger partial charge in [-0.2, -0.15) is 0 Å². The normalized spacial score (nSPS) is 13.2. The van der Waals surface area contributed by atoms with Gasteiger partial charge in [0.1, 0.15) is 12.1 Å². The van der Waals surface area contributed by atoms with E-state index < -0.39 is 59.3 Å².